The summed E-state index contributed by atoms with van der Waals surface area (Å²) in [6, 6.07) is 10.9. The quantitative estimate of drug-likeness (QED) is 0.831. The maximum Gasteiger partial charge on any atom is 0.251 e. The molecule has 24 heavy (non-hydrogen) atoms. The molecule has 0 saturated carbocycles. The van der Waals surface area contributed by atoms with Crippen molar-refractivity contribution in [1.29, 1.82) is 0 Å². The van der Waals surface area contributed by atoms with Gasteiger partial charge in [0.1, 0.15) is 0 Å². The number of sulfonamides is 1. The van der Waals surface area contributed by atoms with Gasteiger partial charge in [0, 0.05) is 39.4 Å². The van der Waals surface area contributed by atoms with Crippen LogP contribution in [0.3, 0.4) is 0 Å². The molecule has 3 rings (SSSR count). The SMILES string of the molecule is CN(C)S(=O)(=O)c1ccc(=O)n(CN2CCc3ccccc3C2)c1. The van der Waals surface area contributed by atoms with Gasteiger partial charge in [-0.05, 0) is 23.6 Å². The summed E-state index contributed by atoms with van der Waals surface area (Å²) < 4.78 is 27.1. The fraction of sp³-hybridized carbons (Fsp3) is 0.353. The van der Waals surface area contributed by atoms with Crippen molar-refractivity contribution in [3.63, 3.8) is 0 Å². The number of aromatic nitrogens is 1. The van der Waals surface area contributed by atoms with Crippen LogP contribution in [-0.4, -0.2) is 42.8 Å². The summed E-state index contributed by atoms with van der Waals surface area (Å²) in [5.41, 5.74) is 2.39. The number of benzene rings is 1. The molecule has 0 radical (unpaired) electrons. The normalized spacial score (nSPS) is 15.5. The van der Waals surface area contributed by atoms with Crippen LogP contribution in [0.1, 0.15) is 11.1 Å². The Bertz CT molecular complexity index is 903. The third-order valence-electron chi connectivity index (χ3n) is 4.30. The van der Waals surface area contributed by atoms with Crippen LogP contribution in [0.2, 0.25) is 0 Å². The standard InChI is InChI=1S/C17H21N3O3S/c1-18(2)24(22,23)16-7-8-17(21)20(12-16)13-19-10-9-14-5-3-4-6-15(14)11-19/h3-8,12H,9-11,13H2,1-2H3. The average Bonchev–Trinajstić information content (AvgIpc) is 2.56. The van der Waals surface area contributed by atoms with Crippen molar-refractivity contribution in [2.75, 3.05) is 20.6 Å². The summed E-state index contributed by atoms with van der Waals surface area (Å²) in [7, 11) is -0.593. The number of hydrogen-bond donors (Lipinski definition) is 0. The van der Waals surface area contributed by atoms with E-state index in [4.69, 9.17) is 0 Å². The fourth-order valence-electron chi connectivity index (χ4n) is 2.87. The Morgan fingerprint density at radius 1 is 1.08 bits per heavy atom. The van der Waals surface area contributed by atoms with Crippen molar-refractivity contribution in [3.8, 4) is 0 Å². The summed E-state index contributed by atoms with van der Waals surface area (Å²) in [6.07, 6.45) is 2.36. The number of pyridine rings is 1. The molecule has 2 aromatic rings. The molecule has 1 aliphatic rings. The van der Waals surface area contributed by atoms with E-state index in [0.29, 0.717) is 6.67 Å². The van der Waals surface area contributed by atoms with E-state index >= 15 is 0 Å². The van der Waals surface area contributed by atoms with E-state index in [2.05, 4.69) is 17.0 Å². The van der Waals surface area contributed by atoms with Gasteiger partial charge in [-0.3, -0.25) is 9.69 Å². The first-order valence-corrected chi connectivity index (χ1v) is 9.24. The highest BCUT2D eigenvalue weighted by atomic mass is 32.2. The summed E-state index contributed by atoms with van der Waals surface area (Å²) in [5, 5.41) is 0. The van der Waals surface area contributed by atoms with Crippen LogP contribution in [-0.2, 0) is 29.7 Å². The molecule has 0 bridgehead atoms. The van der Waals surface area contributed by atoms with Gasteiger partial charge in [0.05, 0.1) is 11.6 Å². The van der Waals surface area contributed by atoms with Crippen molar-refractivity contribution in [2.45, 2.75) is 24.5 Å². The van der Waals surface area contributed by atoms with Crippen molar-refractivity contribution in [3.05, 3.63) is 64.1 Å². The lowest BCUT2D eigenvalue weighted by molar-refractivity contribution is 0.196. The van der Waals surface area contributed by atoms with Gasteiger partial charge in [0.15, 0.2) is 0 Å². The van der Waals surface area contributed by atoms with Crippen LogP contribution in [0.5, 0.6) is 0 Å². The Balaban J connectivity index is 1.85. The van der Waals surface area contributed by atoms with Gasteiger partial charge in [0.2, 0.25) is 10.0 Å². The fourth-order valence-corrected chi connectivity index (χ4v) is 3.80. The van der Waals surface area contributed by atoms with Gasteiger partial charge in [-0.2, -0.15) is 0 Å². The summed E-state index contributed by atoms with van der Waals surface area (Å²) >= 11 is 0. The zero-order valence-electron chi connectivity index (χ0n) is 13.8. The van der Waals surface area contributed by atoms with Crippen LogP contribution < -0.4 is 5.56 Å². The summed E-state index contributed by atoms with van der Waals surface area (Å²) in [6.45, 7) is 1.98. The first-order valence-electron chi connectivity index (χ1n) is 7.80. The second-order valence-corrected chi connectivity index (χ2v) is 8.32. The Morgan fingerprint density at radius 2 is 1.79 bits per heavy atom. The molecule has 0 atom stereocenters. The molecule has 2 heterocycles. The van der Waals surface area contributed by atoms with Crippen LogP contribution in [0.15, 0.2) is 52.3 Å². The lowest BCUT2D eigenvalue weighted by atomic mass is 10.0. The summed E-state index contributed by atoms with van der Waals surface area (Å²) in [4.78, 5) is 14.4. The van der Waals surface area contributed by atoms with Crippen LogP contribution in [0.25, 0.3) is 0 Å². The van der Waals surface area contributed by atoms with Gasteiger partial charge < -0.3 is 4.57 Å². The molecule has 0 spiro atoms. The van der Waals surface area contributed by atoms with Crippen molar-refractivity contribution in [1.82, 2.24) is 13.8 Å². The smallest absolute Gasteiger partial charge is 0.251 e. The lowest BCUT2D eigenvalue weighted by Crippen LogP contribution is -2.36. The highest BCUT2D eigenvalue weighted by Crippen LogP contribution is 2.19. The van der Waals surface area contributed by atoms with E-state index in [-0.39, 0.29) is 10.5 Å². The largest absolute Gasteiger partial charge is 0.301 e. The molecule has 0 fully saturated rings. The van der Waals surface area contributed by atoms with E-state index in [9.17, 15) is 13.2 Å². The molecular formula is C17H21N3O3S. The van der Waals surface area contributed by atoms with E-state index in [1.54, 1.807) is 0 Å². The molecule has 0 unspecified atom stereocenters. The predicted octanol–water partition coefficient (Wildman–Crippen LogP) is 1.11. The molecule has 0 aliphatic carbocycles. The number of fused-ring (bicyclic) bond motifs is 1. The minimum absolute atomic E-state index is 0.129. The maximum atomic E-state index is 12.2. The third-order valence-corrected chi connectivity index (χ3v) is 6.10. The molecule has 0 amide bonds. The summed E-state index contributed by atoms with van der Waals surface area (Å²) in [5.74, 6) is 0. The van der Waals surface area contributed by atoms with Crippen molar-refractivity contribution >= 4 is 10.0 Å². The number of nitrogens with zero attached hydrogens (tertiary/aromatic N) is 3. The van der Waals surface area contributed by atoms with Gasteiger partial charge >= 0.3 is 0 Å². The predicted molar refractivity (Wildman–Crippen MR) is 92.1 cm³/mol. The highest BCUT2D eigenvalue weighted by Gasteiger charge is 2.20. The molecule has 128 valence electrons. The molecule has 0 N–H and O–H groups in total. The van der Waals surface area contributed by atoms with Gasteiger partial charge in [-0.15, -0.1) is 0 Å². The molecule has 1 aliphatic heterocycles. The second-order valence-electron chi connectivity index (χ2n) is 6.17. The second kappa shape index (κ2) is 6.51. The Morgan fingerprint density at radius 3 is 2.50 bits per heavy atom. The Labute approximate surface area is 142 Å². The topological polar surface area (TPSA) is 62.6 Å². The average molecular weight is 347 g/mol. The monoisotopic (exact) mass is 347 g/mol. The van der Waals surface area contributed by atoms with Gasteiger partial charge in [0.25, 0.3) is 5.56 Å². The highest BCUT2D eigenvalue weighted by molar-refractivity contribution is 7.89. The molecule has 0 saturated heterocycles. The van der Waals surface area contributed by atoms with E-state index in [1.165, 1.54) is 48.1 Å². The van der Waals surface area contributed by atoms with Gasteiger partial charge in [-0.1, -0.05) is 24.3 Å². The first-order chi connectivity index (χ1) is 11.4. The van der Waals surface area contributed by atoms with Crippen molar-refractivity contribution in [2.24, 2.45) is 0 Å². The first kappa shape index (κ1) is 16.9. The van der Waals surface area contributed by atoms with Crippen LogP contribution in [0.4, 0.5) is 0 Å². The minimum atomic E-state index is -3.55. The van der Waals surface area contributed by atoms with Crippen LogP contribution in [0, 0.1) is 0 Å². The zero-order valence-corrected chi connectivity index (χ0v) is 14.7. The minimum Gasteiger partial charge on any atom is -0.301 e. The third kappa shape index (κ3) is 3.28. The van der Waals surface area contributed by atoms with Crippen LogP contribution >= 0.6 is 0 Å². The zero-order chi connectivity index (χ0) is 17.3. The number of rotatable bonds is 4. The lowest BCUT2D eigenvalue weighted by Gasteiger charge is -2.29. The maximum absolute atomic E-state index is 12.2. The van der Waals surface area contributed by atoms with E-state index in [1.807, 2.05) is 12.1 Å². The Kier molecular flexibility index (Phi) is 4.58. The molecule has 6 nitrogen and oxygen atoms in total. The van der Waals surface area contributed by atoms with E-state index < -0.39 is 10.0 Å². The Hall–Kier alpha value is -1.96. The van der Waals surface area contributed by atoms with E-state index in [0.717, 1.165) is 23.8 Å². The number of hydrogen-bond acceptors (Lipinski definition) is 4. The molecular weight excluding hydrogens is 326 g/mol. The molecule has 7 heteroatoms. The van der Waals surface area contributed by atoms with Gasteiger partial charge in [-0.25, -0.2) is 12.7 Å². The molecule has 1 aromatic heterocycles. The molecule has 1 aromatic carbocycles. The van der Waals surface area contributed by atoms with Crippen molar-refractivity contribution < 1.29 is 8.42 Å².